The molecular formula is C20H33F2IN4O3. The molecule has 0 bridgehead atoms. The molecule has 1 fully saturated rings. The Labute approximate surface area is 194 Å². The van der Waals surface area contributed by atoms with E-state index in [0.717, 1.165) is 32.8 Å². The Morgan fingerprint density at radius 2 is 1.90 bits per heavy atom. The lowest BCUT2D eigenvalue weighted by molar-refractivity contribution is -0.0498. The highest BCUT2D eigenvalue weighted by Gasteiger charge is 2.14. The third kappa shape index (κ3) is 10.2. The minimum Gasteiger partial charge on any atom is -0.435 e. The van der Waals surface area contributed by atoms with Gasteiger partial charge in [-0.15, -0.1) is 24.0 Å². The van der Waals surface area contributed by atoms with Gasteiger partial charge in [0, 0.05) is 39.3 Å². The molecule has 0 saturated carbocycles. The van der Waals surface area contributed by atoms with Crippen LogP contribution >= 0.6 is 24.0 Å². The first kappa shape index (κ1) is 26.8. The van der Waals surface area contributed by atoms with Crippen LogP contribution in [0.5, 0.6) is 5.75 Å². The van der Waals surface area contributed by atoms with Crippen molar-refractivity contribution in [1.82, 2.24) is 15.5 Å². The number of hydrogen-bond donors (Lipinski definition) is 3. The van der Waals surface area contributed by atoms with E-state index in [0.29, 0.717) is 30.5 Å². The molecule has 2 unspecified atom stereocenters. The van der Waals surface area contributed by atoms with Crippen LogP contribution in [-0.4, -0.2) is 75.1 Å². The zero-order chi connectivity index (χ0) is 21.1. The van der Waals surface area contributed by atoms with E-state index in [2.05, 4.69) is 32.2 Å². The fraction of sp³-hybridized carbons (Fsp3) is 0.650. The molecule has 1 aromatic rings. The van der Waals surface area contributed by atoms with Crippen LogP contribution in [0.2, 0.25) is 0 Å². The zero-order valence-electron chi connectivity index (χ0n) is 17.5. The van der Waals surface area contributed by atoms with Gasteiger partial charge in [-0.1, -0.05) is 19.1 Å². The van der Waals surface area contributed by atoms with Crippen molar-refractivity contribution in [2.24, 2.45) is 10.9 Å². The first-order valence-electron chi connectivity index (χ1n) is 10.0. The van der Waals surface area contributed by atoms with E-state index in [1.165, 1.54) is 12.1 Å². The van der Waals surface area contributed by atoms with Crippen molar-refractivity contribution in [2.75, 3.05) is 52.5 Å². The normalized spacial score (nSPS) is 17.2. The smallest absolute Gasteiger partial charge is 0.387 e. The number of aliphatic hydroxyl groups is 1. The number of ether oxygens (including phenoxy) is 2. The quantitative estimate of drug-likeness (QED) is 0.240. The summed E-state index contributed by atoms with van der Waals surface area (Å²) >= 11 is 0. The molecule has 0 spiro atoms. The summed E-state index contributed by atoms with van der Waals surface area (Å²) in [4.78, 5) is 7.00. The van der Waals surface area contributed by atoms with Crippen LogP contribution < -0.4 is 15.4 Å². The van der Waals surface area contributed by atoms with E-state index in [4.69, 9.17) is 4.74 Å². The Morgan fingerprint density at radius 3 is 2.50 bits per heavy atom. The van der Waals surface area contributed by atoms with Gasteiger partial charge in [-0.2, -0.15) is 8.78 Å². The molecule has 2 atom stereocenters. The molecule has 172 valence electrons. The van der Waals surface area contributed by atoms with Crippen molar-refractivity contribution in [3.05, 3.63) is 29.8 Å². The molecule has 1 saturated heterocycles. The van der Waals surface area contributed by atoms with Gasteiger partial charge in [-0.05, 0) is 30.5 Å². The number of guanidine groups is 1. The molecule has 1 aliphatic rings. The molecule has 0 amide bonds. The van der Waals surface area contributed by atoms with Crippen molar-refractivity contribution < 1.29 is 23.4 Å². The molecule has 30 heavy (non-hydrogen) atoms. The van der Waals surface area contributed by atoms with Crippen molar-refractivity contribution >= 4 is 29.9 Å². The second kappa shape index (κ2) is 14.7. The molecule has 7 nitrogen and oxygen atoms in total. The maximum atomic E-state index is 12.2. The Morgan fingerprint density at radius 1 is 1.23 bits per heavy atom. The molecule has 1 aromatic carbocycles. The number of alkyl halides is 2. The summed E-state index contributed by atoms with van der Waals surface area (Å²) in [7, 11) is 0. The number of hydrogen-bond acceptors (Lipinski definition) is 5. The van der Waals surface area contributed by atoms with Gasteiger partial charge in [0.1, 0.15) is 5.75 Å². The summed E-state index contributed by atoms with van der Waals surface area (Å²) in [6.45, 7) is 7.37. The number of rotatable bonds is 10. The van der Waals surface area contributed by atoms with Crippen LogP contribution in [0.4, 0.5) is 8.78 Å². The second-order valence-corrected chi connectivity index (χ2v) is 7.08. The van der Waals surface area contributed by atoms with E-state index < -0.39 is 12.7 Å². The number of aliphatic hydroxyl groups excluding tert-OH is 1. The highest BCUT2D eigenvalue weighted by atomic mass is 127. The summed E-state index contributed by atoms with van der Waals surface area (Å²) in [5.74, 6) is 1.10. The first-order valence-corrected chi connectivity index (χ1v) is 10.0. The molecule has 2 rings (SSSR count). The van der Waals surface area contributed by atoms with Crippen LogP contribution in [0.3, 0.4) is 0 Å². The summed E-state index contributed by atoms with van der Waals surface area (Å²) in [5, 5.41) is 16.7. The zero-order valence-corrected chi connectivity index (χ0v) is 19.9. The second-order valence-electron chi connectivity index (χ2n) is 7.08. The molecule has 0 aliphatic carbocycles. The SMILES string of the molecule is CCNC(=NCC(C)CN1CCOCC1)NCC(O)c1ccc(OC(F)F)cc1.I. The predicted octanol–water partition coefficient (Wildman–Crippen LogP) is 2.46. The van der Waals surface area contributed by atoms with Gasteiger partial charge in [0.25, 0.3) is 0 Å². The Bertz CT molecular complexity index is 617. The highest BCUT2D eigenvalue weighted by Crippen LogP contribution is 2.19. The lowest BCUT2D eigenvalue weighted by Gasteiger charge is -2.28. The third-order valence-electron chi connectivity index (χ3n) is 4.53. The molecule has 1 heterocycles. The monoisotopic (exact) mass is 542 g/mol. The summed E-state index contributed by atoms with van der Waals surface area (Å²) in [5.41, 5.74) is 0.607. The van der Waals surface area contributed by atoms with Crippen molar-refractivity contribution in [3.8, 4) is 5.75 Å². The van der Waals surface area contributed by atoms with E-state index in [1.807, 2.05) is 6.92 Å². The molecule has 0 aromatic heterocycles. The van der Waals surface area contributed by atoms with Crippen LogP contribution in [-0.2, 0) is 4.74 Å². The third-order valence-corrected chi connectivity index (χ3v) is 4.53. The molecule has 0 radical (unpaired) electrons. The average molecular weight is 542 g/mol. The summed E-state index contributed by atoms with van der Waals surface area (Å²) in [6, 6.07) is 5.96. The average Bonchev–Trinajstić information content (AvgIpc) is 2.70. The fourth-order valence-corrected chi connectivity index (χ4v) is 3.05. The summed E-state index contributed by atoms with van der Waals surface area (Å²) < 4.78 is 34.1. The predicted molar refractivity (Wildman–Crippen MR) is 124 cm³/mol. The lowest BCUT2D eigenvalue weighted by atomic mass is 10.1. The van der Waals surface area contributed by atoms with Gasteiger partial charge >= 0.3 is 6.61 Å². The molecule has 1 aliphatic heterocycles. The molecule has 3 N–H and O–H groups in total. The highest BCUT2D eigenvalue weighted by molar-refractivity contribution is 14.0. The number of nitrogens with one attached hydrogen (secondary N) is 2. The minimum absolute atomic E-state index is 0. The van der Waals surface area contributed by atoms with Gasteiger partial charge in [0.2, 0.25) is 0 Å². The van der Waals surface area contributed by atoms with Gasteiger partial charge in [-0.3, -0.25) is 9.89 Å². The van der Waals surface area contributed by atoms with Gasteiger partial charge in [0.15, 0.2) is 5.96 Å². The molecule has 10 heteroatoms. The topological polar surface area (TPSA) is 78.4 Å². The number of nitrogens with zero attached hydrogens (tertiary/aromatic N) is 2. The Balaban J connectivity index is 0.00000450. The maximum Gasteiger partial charge on any atom is 0.387 e. The number of benzene rings is 1. The van der Waals surface area contributed by atoms with Crippen molar-refractivity contribution in [2.45, 2.75) is 26.6 Å². The van der Waals surface area contributed by atoms with E-state index >= 15 is 0 Å². The molecular weight excluding hydrogens is 509 g/mol. The number of morpholine rings is 1. The van der Waals surface area contributed by atoms with Gasteiger partial charge in [-0.25, -0.2) is 0 Å². The van der Waals surface area contributed by atoms with Crippen LogP contribution in [0.1, 0.15) is 25.5 Å². The Kier molecular flexibility index (Phi) is 13.1. The van der Waals surface area contributed by atoms with Crippen LogP contribution in [0.25, 0.3) is 0 Å². The van der Waals surface area contributed by atoms with Crippen molar-refractivity contribution in [3.63, 3.8) is 0 Å². The number of halogens is 3. The fourth-order valence-electron chi connectivity index (χ4n) is 3.05. The van der Waals surface area contributed by atoms with Gasteiger partial charge < -0.3 is 25.2 Å². The first-order chi connectivity index (χ1) is 14.0. The summed E-state index contributed by atoms with van der Waals surface area (Å²) in [6.07, 6.45) is -0.801. The lowest BCUT2D eigenvalue weighted by Crippen LogP contribution is -2.41. The van der Waals surface area contributed by atoms with E-state index in [9.17, 15) is 13.9 Å². The largest absolute Gasteiger partial charge is 0.435 e. The maximum absolute atomic E-state index is 12.2. The van der Waals surface area contributed by atoms with Crippen molar-refractivity contribution in [1.29, 1.82) is 0 Å². The van der Waals surface area contributed by atoms with Gasteiger partial charge in [0.05, 0.1) is 19.3 Å². The van der Waals surface area contributed by atoms with Crippen LogP contribution in [0, 0.1) is 5.92 Å². The van der Waals surface area contributed by atoms with E-state index in [1.54, 1.807) is 12.1 Å². The van der Waals surface area contributed by atoms with E-state index in [-0.39, 0.29) is 36.3 Å². The number of aliphatic imine (C=N–C) groups is 1. The minimum atomic E-state index is -2.86. The standard InChI is InChI=1S/C20H32F2N4O3.HI/c1-3-23-20(24-12-15(2)14-26-8-10-28-11-9-26)25-13-18(27)16-4-6-17(7-5-16)29-19(21)22;/h4-7,15,18-19,27H,3,8-14H2,1-2H3,(H2,23,24,25);1H. The van der Waals surface area contributed by atoms with Crippen LogP contribution in [0.15, 0.2) is 29.3 Å². The Hall–Kier alpha value is -1.24.